The van der Waals surface area contributed by atoms with Crippen LogP contribution in [0.15, 0.2) is 41.8 Å². The van der Waals surface area contributed by atoms with Crippen LogP contribution >= 0.6 is 11.3 Å². The molecule has 5 nitrogen and oxygen atoms in total. The van der Waals surface area contributed by atoms with E-state index in [1.54, 1.807) is 23.5 Å². The molecular formula is C25H34FN3O2S. The van der Waals surface area contributed by atoms with Gasteiger partial charge in [0.05, 0.1) is 6.42 Å². The fourth-order valence-electron chi connectivity index (χ4n) is 3.94. The lowest BCUT2D eigenvalue weighted by Crippen LogP contribution is -2.50. The Labute approximate surface area is 194 Å². The average molecular weight is 460 g/mol. The molecule has 2 heterocycles. The number of halogens is 1. The smallest absolute Gasteiger partial charge is 0.227 e. The lowest BCUT2D eigenvalue weighted by atomic mass is 10.1. The summed E-state index contributed by atoms with van der Waals surface area (Å²) in [5, 5.41) is 2.00. The number of amides is 2. The Morgan fingerprint density at radius 3 is 2.47 bits per heavy atom. The van der Waals surface area contributed by atoms with Gasteiger partial charge in [-0.15, -0.1) is 11.3 Å². The molecule has 0 spiro atoms. The summed E-state index contributed by atoms with van der Waals surface area (Å²) < 4.78 is 13.3. The first-order valence-electron chi connectivity index (χ1n) is 11.6. The van der Waals surface area contributed by atoms with Crippen LogP contribution in [0, 0.1) is 5.82 Å². The Balaban J connectivity index is 1.48. The van der Waals surface area contributed by atoms with Crippen molar-refractivity contribution in [3.8, 4) is 0 Å². The van der Waals surface area contributed by atoms with Gasteiger partial charge in [-0.25, -0.2) is 4.39 Å². The molecular weight excluding hydrogens is 425 g/mol. The molecule has 0 bridgehead atoms. The second-order valence-electron chi connectivity index (χ2n) is 8.38. The minimum absolute atomic E-state index is 0.160. The van der Waals surface area contributed by atoms with Gasteiger partial charge < -0.3 is 9.80 Å². The normalized spacial score (nSPS) is 14.5. The molecule has 1 aromatic heterocycles. The Kier molecular flexibility index (Phi) is 9.68. The van der Waals surface area contributed by atoms with Crippen molar-refractivity contribution in [3.63, 3.8) is 0 Å². The minimum atomic E-state index is -0.263. The van der Waals surface area contributed by atoms with Crippen LogP contribution in [-0.2, 0) is 22.6 Å². The van der Waals surface area contributed by atoms with Crippen LogP contribution in [-0.4, -0.2) is 65.8 Å². The molecule has 0 unspecified atom stereocenters. The average Bonchev–Trinajstić information content (AvgIpc) is 3.31. The van der Waals surface area contributed by atoms with Gasteiger partial charge in [-0.3, -0.25) is 14.5 Å². The molecule has 2 aromatic rings. The third-order valence-electron chi connectivity index (χ3n) is 5.95. The van der Waals surface area contributed by atoms with Crippen molar-refractivity contribution in [1.29, 1.82) is 0 Å². The van der Waals surface area contributed by atoms with Crippen LogP contribution < -0.4 is 0 Å². The van der Waals surface area contributed by atoms with Crippen molar-refractivity contribution in [3.05, 3.63) is 58.0 Å². The van der Waals surface area contributed by atoms with E-state index in [0.717, 1.165) is 62.4 Å². The second kappa shape index (κ2) is 12.7. The fourth-order valence-corrected chi connectivity index (χ4v) is 4.64. The number of piperazine rings is 1. The summed E-state index contributed by atoms with van der Waals surface area (Å²) in [7, 11) is 0. The number of benzene rings is 1. The predicted octanol–water partition coefficient (Wildman–Crippen LogP) is 4.18. The molecule has 32 heavy (non-hydrogen) atoms. The number of carbonyl (C=O) groups excluding carboxylic acids is 2. The first-order valence-corrected chi connectivity index (χ1v) is 12.5. The van der Waals surface area contributed by atoms with Crippen molar-refractivity contribution in [2.24, 2.45) is 0 Å². The molecule has 7 heteroatoms. The van der Waals surface area contributed by atoms with E-state index in [9.17, 15) is 14.0 Å². The van der Waals surface area contributed by atoms with Crippen LogP contribution in [0.4, 0.5) is 4.39 Å². The van der Waals surface area contributed by atoms with Gasteiger partial charge in [-0.2, -0.15) is 0 Å². The Morgan fingerprint density at radius 2 is 1.81 bits per heavy atom. The van der Waals surface area contributed by atoms with Crippen LogP contribution in [0.1, 0.15) is 43.0 Å². The van der Waals surface area contributed by atoms with E-state index in [1.165, 1.54) is 12.1 Å². The van der Waals surface area contributed by atoms with E-state index in [2.05, 4.69) is 11.8 Å². The summed E-state index contributed by atoms with van der Waals surface area (Å²) in [6, 6.07) is 10.4. The summed E-state index contributed by atoms with van der Waals surface area (Å²) in [4.78, 5) is 32.6. The number of unbranched alkanes of at least 4 members (excludes halogenated alkanes) is 2. The molecule has 1 fully saturated rings. The van der Waals surface area contributed by atoms with Crippen molar-refractivity contribution in [2.75, 3.05) is 39.3 Å². The highest BCUT2D eigenvalue weighted by Crippen LogP contribution is 2.13. The zero-order valence-corrected chi connectivity index (χ0v) is 19.8. The zero-order chi connectivity index (χ0) is 22.8. The van der Waals surface area contributed by atoms with Gasteiger partial charge in [-0.1, -0.05) is 38.0 Å². The van der Waals surface area contributed by atoms with Crippen molar-refractivity contribution >= 4 is 23.2 Å². The van der Waals surface area contributed by atoms with Crippen LogP contribution in [0.2, 0.25) is 0 Å². The molecule has 174 valence electrons. The van der Waals surface area contributed by atoms with Crippen molar-refractivity contribution < 1.29 is 14.0 Å². The molecule has 0 N–H and O–H groups in total. The van der Waals surface area contributed by atoms with Gasteiger partial charge in [0.2, 0.25) is 11.8 Å². The van der Waals surface area contributed by atoms with E-state index in [1.807, 2.05) is 27.3 Å². The third kappa shape index (κ3) is 7.71. The van der Waals surface area contributed by atoms with Crippen LogP contribution in [0.25, 0.3) is 0 Å². The number of hydrogen-bond donors (Lipinski definition) is 0. The second-order valence-corrected chi connectivity index (χ2v) is 9.41. The van der Waals surface area contributed by atoms with Gasteiger partial charge in [0.1, 0.15) is 5.82 Å². The zero-order valence-electron chi connectivity index (χ0n) is 19.0. The van der Waals surface area contributed by atoms with Crippen molar-refractivity contribution in [2.45, 2.75) is 45.6 Å². The van der Waals surface area contributed by atoms with Gasteiger partial charge >= 0.3 is 0 Å². The Hall–Kier alpha value is -2.25. The topological polar surface area (TPSA) is 43.9 Å². The maximum atomic E-state index is 13.3. The highest BCUT2D eigenvalue weighted by atomic mass is 32.1. The first-order chi connectivity index (χ1) is 15.5. The molecule has 0 saturated carbocycles. The number of nitrogens with zero attached hydrogens (tertiary/aromatic N) is 3. The van der Waals surface area contributed by atoms with Gasteiger partial charge in [0.15, 0.2) is 0 Å². The largest absolute Gasteiger partial charge is 0.340 e. The molecule has 1 aliphatic rings. The number of hydrogen-bond acceptors (Lipinski definition) is 4. The fraction of sp³-hybridized carbons (Fsp3) is 0.520. The van der Waals surface area contributed by atoms with Crippen LogP contribution in [0.3, 0.4) is 0 Å². The summed E-state index contributed by atoms with van der Waals surface area (Å²) in [5.41, 5.74) is 0.944. The molecule has 1 saturated heterocycles. The molecule has 1 aromatic carbocycles. The highest BCUT2D eigenvalue weighted by molar-refractivity contribution is 7.10. The first kappa shape index (κ1) is 24.4. The van der Waals surface area contributed by atoms with E-state index in [-0.39, 0.29) is 17.6 Å². The molecule has 0 aliphatic carbocycles. The standard InChI is InChI=1S/C25H34FN3O2S/c1-2-3-4-7-24(30)29(20-21-8-10-22(26)11-9-21)17-14-27-12-15-28(16-13-27)25(31)19-23-6-5-18-32-23/h5-6,8-11,18H,2-4,7,12-17,19-20H2,1H3. The maximum Gasteiger partial charge on any atom is 0.227 e. The summed E-state index contributed by atoms with van der Waals surface area (Å²) >= 11 is 1.62. The number of carbonyl (C=O) groups is 2. The van der Waals surface area contributed by atoms with Crippen molar-refractivity contribution in [1.82, 2.24) is 14.7 Å². The van der Waals surface area contributed by atoms with Crippen LogP contribution in [0.5, 0.6) is 0 Å². The molecule has 0 atom stereocenters. The SMILES string of the molecule is CCCCCC(=O)N(CCN1CCN(C(=O)Cc2cccs2)CC1)Cc1ccc(F)cc1. The van der Waals surface area contributed by atoms with E-state index in [4.69, 9.17) is 0 Å². The third-order valence-corrected chi connectivity index (χ3v) is 6.83. The van der Waals surface area contributed by atoms with E-state index >= 15 is 0 Å². The predicted molar refractivity (Wildman–Crippen MR) is 127 cm³/mol. The minimum Gasteiger partial charge on any atom is -0.340 e. The maximum absolute atomic E-state index is 13.3. The summed E-state index contributed by atoms with van der Waals surface area (Å²) in [6.07, 6.45) is 4.08. The summed E-state index contributed by atoms with van der Waals surface area (Å²) in [5.74, 6) is 0.0877. The number of thiophene rings is 1. The highest BCUT2D eigenvalue weighted by Gasteiger charge is 2.22. The Morgan fingerprint density at radius 1 is 1.06 bits per heavy atom. The molecule has 2 amide bonds. The van der Waals surface area contributed by atoms with E-state index < -0.39 is 0 Å². The molecule has 1 aliphatic heterocycles. The number of rotatable bonds is 11. The summed E-state index contributed by atoms with van der Waals surface area (Å²) in [6.45, 7) is 7.17. The molecule has 0 radical (unpaired) electrons. The monoisotopic (exact) mass is 459 g/mol. The van der Waals surface area contributed by atoms with E-state index in [0.29, 0.717) is 25.9 Å². The lowest BCUT2D eigenvalue weighted by molar-refractivity contribution is -0.132. The quantitative estimate of drug-likeness (QED) is 0.474. The molecule has 3 rings (SSSR count). The lowest BCUT2D eigenvalue weighted by Gasteiger charge is -2.36. The van der Waals surface area contributed by atoms with Gasteiger partial charge in [-0.05, 0) is 35.6 Å². The Bertz CT molecular complexity index is 833. The van der Waals surface area contributed by atoms with Gasteiger partial charge in [0, 0.05) is 57.1 Å². The van der Waals surface area contributed by atoms with Gasteiger partial charge in [0.25, 0.3) is 0 Å².